The number of nitrogens with one attached hydrogen (secondary N) is 1. The molecule has 2 rings (SSSR count). The van der Waals surface area contributed by atoms with E-state index in [9.17, 15) is 21.6 Å². The Hall–Kier alpha value is -2.23. The van der Waals surface area contributed by atoms with Crippen LogP contribution >= 0.6 is 0 Å². The molecule has 0 saturated carbocycles. The van der Waals surface area contributed by atoms with Gasteiger partial charge in [0.25, 0.3) is 0 Å². The van der Waals surface area contributed by atoms with Gasteiger partial charge in [0.05, 0.1) is 5.75 Å². The van der Waals surface area contributed by atoms with Gasteiger partial charge < -0.3 is 5.32 Å². The number of sulfone groups is 1. The van der Waals surface area contributed by atoms with Crippen LogP contribution in [-0.4, -0.2) is 41.4 Å². The van der Waals surface area contributed by atoms with E-state index in [0.29, 0.717) is 5.56 Å². The molecule has 0 aliphatic heterocycles. The number of hydrogen-bond acceptors (Lipinski definition) is 6. The Kier molecular flexibility index (Phi) is 5.61. The van der Waals surface area contributed by atoms with Crippen LogP contribution in [0, 0.1) is 0 Å². The van der Waals surface area contributed by atoms with E-state index in [0.717, 1.165) is 12.3 Å². The molecular weight excluding hydrogens is 357 g/mol. The highest BCUT2D eigenvalue weighted by Gasteiger charge is 2.34. The Balaban J connectivity index is 2.31. The van der Waals surface area contributed by atoms with Crippen molar-refractivity contribution >= 4 is 15.7 Å². The van der Waals surface area contributed by atoms with Crippen LogP contribution in [0.25, 0.3) is 11.4 Å². The maximum absolute atomic E-state index is 13.1. The Morgan fingerprint density at radius 2 is 1.84 bits per heavy atom. The molecule has 0 saturated heterocycles. The zero-order chi connectivity index (χ0) is 18.7. The van der Waals surface area contributed by atoms with Gasteiger partial charge in [0.2, 0.25) is 0 Å². The second kappa shape index (κ2) is 7.34. The number of aromatic nitrogens is 3. The molecule has 0 aromatic carbocycles. The molecular formula is C15H17F3N4O2S. The zero-order valence-electron chi connectivity index (χ0n) is 13.6. The maximum Gasteiger partial charge on any atom is 0.433 e. The van der Waals surface area contributed by atoms with Crippen molar-refractivity contribution < 1.29 is 21.6 Å². The minimum Gasteiger partial charge on any atom is -0.367 e. The molecule has 1 atom stereocenters. The predicted octanol–water partition coefficient (Wildman–Crippen LogP) is 2.79. The minimum atomic E-state index is -4.63. The molecule has 25 heavy (non-hydrogen) atoms. The minimum absolute atomic E-state index is 0.0184. The summed E-state index contributed by atoms with van der Waals surface area (Å²) in [4.78, 5) is 11.5. The fourth-order valence-electron chi connectivity index (χ4n) is 2.01. The number of hydrogen-bond donors (Lipinski definition) is 1. The quantitative estimate of drug-likeness (QED) is 0.837. The highest BCUT2D eigenvalue weighted by Crippen LogP contribution is 2.30. The fourth-order valence-corrected chi connectivity index (χ4v) is 2.79. The largest absolute Gasteiger partial charge is 0.433 e. The standard InChI is InChI=1S/C15H17F3N4O2S/c1-10(5-8-25(2,23)24)20-13-9-12(15(16,17)18)21-14(22-13)11-3-6-19-7-4-11/h3-4,6-7,9-10H,5,8H2,1-2H3,(H,20,21,22). The molecule has 1 unspecified atom stereocenters. The van der Waals surface area contributed by atoms with Crippen molar-refractivity contribution in [1.29, 1.82) is 0 Å². The first kappa shape index (κ1) is 19.1. The summed E-state index contributed by atoms with van der Waals surface area (Å²) in [5.74, 6) is -0.180. The average molecular weight is 374 g/mol. The Labute approximate surface area is 143 Å². The Morgan fingerprint density at radius 3 is 2.40 bits per heavy atom. The van der Waals surface area contributed by atoms with Gasteiger partial charge in [0.1, 0.15) is 15.7 Å². The molecule has 0 aliphatic rings. The highest BCUT2D eigenvalue weighted by atomic mass is 32.2. The first-order valence-corrected chi connectivity index (χ1v) is 9.41. The number of rotatable bonds is 6. The summed E-state index contributed by atoms with van der Waals surface area (Å²) in [5, 5.41) is 2.81. The van der Waals surface area contributed by atoms with Crippen LogP contribution in [0.15, 0.2) is 30.6 Å². The number of pyridine rings is 1. The lowest BCUT2D eigenvalue weighted by Gasteiger charge is -2.16. The Morgan fingerprint density at radius 1 is 1.20 bits per heavy atom. The van der Waals surface area contributed by atoms with Gasteiger partial charge in [-0.1, -0.05) is 0 Å². The number of alkyl halides is 3. The van der Waals surface area contributed by atoms with Crippen molar-refractivity contribution in [3.8, 4) is 11.4 Å². The Bertz CT molecular complexity index is 826. The van der Waals surface area contributed by atoms with Crippen molar-refractivity contribution in [3.05, 3.63) is 36.3 Å². The summed E-state index contributed by atoms with van der Waals surface area (Å²) in [6.45, 7) is 1.67. The molecule has 0 amide bonds. The third-order valence-electron chi connectivity index (χ3n) is 3.27. The van der Waals surface area contributed by atoms with Crippen LogP contribution in [-0.2, 0) is 16.0 Å². The third-order valence-corrected chi connectivity index (χ3v) is 4.25. The molecule has 0 aliphatic carbocycles. The van der Waals surface area contributed by atoms with Crippen molar-refractivity contribution in [2.24, 2.45) is 0 Å². The molecule has 2 aromatic rings. The van der Waals surface area contributed by atoms with Gasteiger partial charge in [0.15, 0.2) is 11.5 Å². The van der Waals surface area contributed by atoms with E-state index < -0.39 is 21.7 Å². The van der Waals surface area contributed by atoms with Crippen LogP contribution in [0.1, 0.15) is 19.0 Å². The number of halogens is 3. The van der Waals surface area contributed by atoms with Gasteiger partial charge in [-0.25, -0.2) is 18.4 Å². The monoisotopic (exact) mass is 374 g/mol. The second-order valence-electron chi connectivity index (χ2n) is 5.66. The van der Waals surface area contributed by atoms with Crippen LogP contribution in [0.3, 0.4) is 0 Å². The van der Waals surface area contributed by atoms with Gasteiger partial charge in [0, 0.05) is 36.3 Å². The van der Waals surface area contributed by atoms with E-state index in [1.54, 1.807) is 6.92 Å². The van der Waals surface area contributed by atoms with Crippen LogP contribution in [0.4, 0.5) is 19.0 Å². The lowest BCUT2D eigenvalue weighted by atomic mass is 10.2. The third kappa shape index (κ3) is 5.96. The number of nitrogens with zero attached hydrogens (tertiary/aromatic N) is 3. The fraction of sp³-hybridized carbons (Fsp3) is 0.400. The van der Waals surface area contributed by atoms with E-state index in [4.69, 9.17) is 0 Å². The maximum atomic E-state index is 13.1. The smallest absolute Gasteiger partial charge is 0.367 e. The first-order chi connectivity index (χ1) is 11.5. The summed E-state index contributed by atoms with van der Waals surface area (Å²) in [6.07, 6.45) is -0.415. The lowest BCUT2D eigenvalue weighted by Crippen LogP contribution is -2.21. The molecule has 2 heterocycles. The van der Waals surface area contributed by atoms with E-state index in [1.807, 2.05) is 0 Å². The summed E-state index contributed by atoms with van der Waals surface area (Å²) in [5.41, 5.74) is -0.680. The number of anilines is 1. The van der Waals surface area contributed by atoms with Crippen molar-refractivity contribution in [2.45, 2.75) is 25.6 Å². The van der Waals surface area contributed by atoms with Gasteiger partial charge in [-0.15, -0.1) is 0 Å². The first-order valence-electron chi connectivity index (χ1n) is 7.35. The molecule has 1 N–H and O–H groups in total. The van der Waals surface area contributed by atoms with E-state index in [-0.39, 0.29) is 29.9 Å². The molecule has 10 heteroatoms. The molecule has 6 nitrogen and oxygen atoms in total. The van der Waals surface area contributed by atoms with Crippen molar-refractivity contribution in [1.82, 2.24) is 15.0 Å². The summed E-state index contributed by atoms with van der Waals surface area (Å²) in [6, 6.07) is 3.44. The summed E-state index contributed by atoms with van der Waals surface area (Å²) >= 11 is 0. The summed E-state index contributed by atoms with van der Waals surface area (Å²) in [7, 11) is -3.15. The normalized spacial score (nSPS) is 13.5. The highest BCUT2D eigenvalue weighted by molar-refractivity contribution is 7.90. The molecule has 0 fully saturated rings. The second-order valence-corrected chi connectivity index (χ2v) is 7.92. The topological polar surface area (TPSA) is 84.8 Å². The predicted molar refractivity (Wildman–Crippen MR) is 87.7 cm³/mol. The van der Waals surface area contributed by atoms with Gasteiger partial charge in [-0.2, -0.15) is 13.2 Å². The van der Waals surface area contributed by atoms with E-state index in [2.05, 4.69) is 20.3 Å². The molecule has 0 bridgehead atoms. The molecule has 136 valence electrons. The lowest BCUT2D eigenvalue weighted by molar-refractivity contribution is -0.141. The molecule has 0 spiro atoms. The van der Waals surface area contributed by atoms with Crippen molar-refractivity contribution in [2.75, 3.05) is 17.3 Å². The molecule has 0 radical (unpaired) electrons. The van der Waals surface area contributed by atoms with Gasteiger partial charge in [-0.05, 0) is 25.5 Å². The zero-order valence-corrected chi connectivity index (χ0v) is 14.4. The van der Waals surface area contributed by atoms with Crippen LogP contribution < -0.4 is 5.32 Å². The van der Waals surface area contributed by atoms with E-state index >= 15 is 0 Å². The SMILES string of the molecule is CC(CCS(C)(=O)=O)Nc1cc(C(F)(F)F)nc(-c2ccncc2)n1. The summed E-state index contributed by atoms with van der Waals surface area (Å²) < 4.78 is 61.7. The van der Waals surface area contributed by atoms with Crippen LogP contribution in [0.2, 0.25) is 0 Å². The van der Waals surface area contributed by atoms with Crippen LogP contribution in [0.5, 0.6) is 0 Å². The van der Waals surface area contributed by atoms with E-state index in [1.165, 1.54) is 24.5 Å². The van der Waals surface area contributed by atoms with Crippen molar-refractivity contribution in [3.63, 3.8) is 0 Å². The van der Waals surface area contributed by atoms with Gasteiger partial charge in [-0.3, -0.25) is 4.98 Å². The average Bonchev–Trinajstić information content (AvgIpc) is 2.52. The van der Waals surface area contributed by atoms with Gasteiger partial charge >= 0.3 is 6.18 Å². The molecule has 2 aromatic heterocycles.